The number of hydrogen-bond donors (Lipinski definition) is 1. The van der Waals surface area contributed by atoms with Crippen LogP contribution in [0.5, 0.6) is 5.75 Å². The molecular formula is C15H24O3. The topological polar surface area (TPSA) is 38.7 Å². The zero-order valence-electron chi connectivity index (χ0n) is 12.0. The maximum absolute atomic E-state index is 10.5. The van der Waals surface area contributed by atoms with Gasteiger partial charge in [-0.05, 0) is 51.3 Å². The van der Waals surface area contributed by atoms with E-state index in [0.717, 1.165) is 17.7 Å². The maximum Gasteiger partial charge on any atom is 0.118 e. The van der Waals surface area contributed by atoms with Crippen LogP contribution in [0.2, 0.25) is 0 Å². The van der Waals surface area contributed by atoms with Crippen LogP contribution in [0.3, 0.4) is 0 Å². The van der Waals surface area contributed by atoms with Crippen molar-refractivity contribution in [3.63, 3.8) is 0 Å². The third-order valence-electron chi connectivity index (χ3n) is 3.48. The standard InChI is InChI=1S/C15H24O3/c1-14(2,18-5)10-11-15(3,16)12-6-8-13(17-4)9-7-12/h6-9,16H,10-11H2,1-5H3. The predicted molar refractivity (Wildman–Crippen MR) is 72.9 cm³/mol. The molecule has 3 heteroatoms. The summed E-state index contributed by atoms with van der Waals surface area (Å²) in [7, 11) is 3.33. The Kier molecular flexibility index (Phi) is 4.77. The highest BCUT2D eigenvalue weighted by Gasteiger charge is 2.27. The zero-order valence-corrected chi connectivity index (χ0v) is 12.0. The van der Waals surface area contributed by atoms with Gasteiger partial charge < -0.3 is 14.6 Å². The van der Waals surface area contributed by atoms with Crippen molar-refractivity contribution in [1.29, 1.82) is 0 Å². The number of methoxy groups -OCH3 is 2. The summed E-state index contributed by atoms with van der Waals surface area (Å²) >= 11 is 0. The first-order valence-corrected chi connectivity index (χ1v) is 6.23. The van der Waals surface area contributed by atoms with Crippen molar-refractivity contribution in [3.05, 3.63) is 29.8 Å². The molecule has 1 rings (SSSR count). The summed E-state index contributed by atoms with van der Waals surface area (Å²) in [6.45, 7) is 5.88. The minimum atomic E-state index is -0.845. The van der Waals surface area contributed by atoms with Crippen LogP contribution in [0.25, 0.3) is 0 Å². The molecule has 0 aliphatic rings. The highest BCUT2D eigenvalue weighted by molar-refractivity contribution is 5.30. The lowest BCUT2D eigenvalue weighted by Crippen LogP contribution is -2.29. The molecule has 0 saturated carbocycles. The molecule has 0 aliphatic carbocycles. The first-order valence-electron chi connectivity index (χ1n) is 6.23. The van der Waals surface area contributed by atoms with Crippen LogP contribution in [0, 0.1) is 0 Å². The first-order chi connectivity index (χ1) is 8.30. The van der Waals surface area contributed by atoms with Gasteiger partial charge in [-0.3, -0.25) is 0 Å². The van der Waals surface area contributed by atoms with Gasteiger partial charge in [0.2, 0.25) is 0 Å². The Morgan fingerprint density at radius 3 is 2.00 bits per heavy atom. The Morgan fingerprint density at radius 2 is 1.56 bits per heavy atom. The van der Waals surface area contributed by atoms with Crippen molar-refractivity contribution in [2.24, 2.45) is 0 Å². The summed E-state index contributed by atoms with van der Waals surface area (Å²) in [6.07, 6.45) is 1.45. The van der Waals surface area contributed by atoms with Crippen LogP contribution < -0.4 is 4.74 Å². The molecule has 0 heterocycles. The lowest BCUT2D eigenvalue weighted by molar-refractivity contribution is -0.0211. The third kappa shape index (κ3) is 4.00. The summed E-state index contributed by atoms with van der Waals surface area (Å²) in [6, 6.07) is 7.54. The SMILES string of the molecule is COc1ccc(C(C)(O)CCC(C)(C)OC)cc1. The Labute approximate surface area is 110 Å². The van der Waals surface area contributed by atoms with Gasteiger partial charge in [-0.2, -0.15) is 0 Å². The Balaban J connectivity index is 2.72. The van der Waals surface area contributed by atoms with E-state index in [4.69, 9.17) is 9.47 Å². The molecule has 1 aromatic carbocycles. The van der Waals surface area contributed by atoms with Gasteiger partial charge in [0.05, 0.1) is 18.3 Å². The quantitative estimate of drug-likeness (QED) is 0.845. The molecule has 0 amide bonds. The lowest BCUT2D eigenvalue weighted by Gasteiger charge is -2.29. The fourth-order valence-electron chi connectivity index (χ4n) is 1.74. The van der Waals surface area contributed by atoms with Gasteiger partial charge in [0.15, 0.2) is 0 Å². The molecule has 0 radical (unpaired) electrons. The van der Waals surface area contributed by atoms with Crippen molar-refractivity contribution in [3.8, 4) is 5.75 Å². The van der Waals surface area contributed by atoms with Gasteiger partial charge in [-0.15, -0.1) is 0 Å². The van der Waals surface area contributed by atoms with Crippen LogP contribution >= 0.6 is 0 Å². The van der Waals surface area contributed by atoms with E-state index in [1.165, 1.54) is 0 Å². The summed E-state index contributed by atoms with van der Waals surface area (Å²) in [4.78, 5) is 0. The Hall–Kier alpha value is -1.06. The predicted octanol–water partition coefficient (Wildman–Crippen LogP) is 3.11. The number of ether oxygens (including phenoxy) is 2. The highest BCUT2D eigenvalue weighted by Crippen LogP contribution is 2.30. The second kappa shape index (κ2) is 5.72. The Bertz CT molecular complexity index is 366. The van der Waals surface area contributed by atoms with E-state index >= 15 is 0 Å². The van der Waals surface area contributed by atoms with Crippen LogP contribution in [0.4, 0.5) is 0 Å². The maximum atomic E-state index is 10.5. The molecule has 0 aromatic heterocycles. The molecular weight excluding hydrogens is 228 g/mol. The van der Waals surface area contributed by atoms with Crippen LogP contribution in [-0.2, 0) is 10.3 Å². The molecule has 0 saturated heterocycles. The lowest BCUT2D eigenvalue weighted by atomic mass is 9.87. The van der Waals surface area contributed by atoms with Gasteiger partial charge in [0.25, 0.3) is 0 Å². The van der Waals surface area contributed by atoms with E-state index in [0.29, 0.717) is 6.42 Å². The van der Waals surface area contributed by atoms with Gasteiger partial charge in [0, 0.05) is 7.11 Å². The fraction of sp³-hybridized carbons (Fsp3) is 0.600. The van der Waals surface area contributed by atoms with E-state index < -0.39 is 5.60 Å². The van der Waals surface area contributed by atoms with Gasteiger partial charge >= 0.3 is 0 Å². The van der Waals surface area contributed by atoms with E-state index in [-0.39, 0.29) is 5.60 Å². The largest absolute Gasteiger partial charge is 0.497 e. The van der Waals surface area contributed by atoms with E-state index in [1.54, 1.807) is 14.2 Å². The first kappa shape index (κ1) is 15.0. The van der Waals surface area contributed by atoms with Crippen LogP contribution in [-0.4, -0.2) is 24.9 Å². The number of rotatable bonds is 6. The zero-order chi connectivity index (χ0) is 13.8. The molecule has 1 aromatic rings. The number of aliphatic hydroxyl groups is 1. The van der Waals surface area contributed by atoms with Crippen molar-refractivity contribution >= 4 is 0 Å². The fourth-order valence-corrected chi connectivity index (χ4v) is 1.74. The molecule has 1 N–H and O–H groups in total. The molecule has 18 heavy (non-hydrogen) atoms. The van der Waals surface area contributed by atoms with Crippen molar-refractivity contribution in [2.45, 2.75) is 44.8 Å². The summed E-state index contributed by atoms with van der Waals surface area (Å²) in [5.41, 5.74) is -0.159. The highest BCUT2D eigenvalue weighted by atomic mass is 16.5. The van der Waals surface area contributed by atoms with Crippen LogP contribution in [0.15, 0.2) is 24.3 Å². The monoisotopic (exact) mass is 252 g/mol. The normalized spacial score (nSPS) is 15.2. The molecule has 3 nitrogen and oxygen atoms in total. The number of benzene rings is 1. The summed E-state index contributed by atoms with van der Waals surface area (Å²) < 4.78 is 10.5. The molecule has 0 spiro atoms. The molecule has 0 bridgehead atoms. The summed E-state index contributed by atoms with van der Waals surface area (Å²) in [5.74, 6) is 0.798. The van der Waals surface area contributed by atoms with Crippen molar-refractivity contribution in [2.75, 3.05) is 14.2 Å². The smallest absolute Gasteiger partial charge is 0.118 e. The average molecular weight is 252 g/mol. The van der Waals surface area contributed by atoms with Gasteiger partial charge in [-0.1, -0.05) is 12.1 Å². The minimum absolute atomic E-state index is 0.212. The third-order valence-corrected chi connectivity index (χ3v) is 3.48. The summed E-state index contributed by atoms with van der Waals surface area (Å²) in [5, 5.41) is 10.5. The number of hydrogen-bond acceptors (Lipinski definition) is 3. The van der Waals surface area contributed by atoms with Crippen molar-refractivity contribution < 1.29 is 14.6 Å². The second-order valence-corrected chi connectivity index (χ2v) is 5.47. The minimum Gasteiger partial charge on any atom is -0.497 e. The van der Waals surface area contributed by atoms with Crippen LogP contribution in [0.1, 0.15) is 39.2 Å². The van der Waals surface area contributed by atoms with E-state index in [2.05, 4.69) is 0 Å². The van der Waals surface area contributed by atoms with Gasteiger partial charge in [0.1, 0.15) is 5.75 Å². The molecule has 1 atom stereocenters. The van der Waals surface area contributed by atoms with Crippen molar-refractivity contribution in [1.82, 2.24) is 0 Å². The molecule has 1 unspecified atom stereocenters. The second-order valence-electron chi connectivity index (χ2n) is 5.47. The molecule has 102 valence electrons. The average Bonchev–Trinajstić information content (AvgIpc) is 2.37. The van der Waals surface area contributed by atoms with Gasteiger partial charge in [-0.25, -0.2) is 0 Å². The Morgan fingerprint density at radius 1 is 1.00 bits per heavy atom. The van der Waals surface area contributed by atoms with E-state index in [9.17, 15) is 5.11 Å². The molecule has 0 aliphatic heterocycles. The molecule has 0 fully saturated rings. The van der Waals surface area contributed by atoms with E-state index in [1.807, 2.05) is 45.0 Å².